The summed E-state index contributed by atoms with van der Waals surface area (Å²) in [5.41, 5.74) is 0. The number of imidazole rings is 1. The molecule has 48 valence electrons. The average Bonchev–Trinajstić information content (AvgIpc) is 2.22. The Morgan fingerprint density at radius 1 is 1.78 bits per heavy atom. The Kier molecular flexibility index (Phi) is 1.05. The summed E-state index contributed by atoms with van der Waals surface area (Å²) in [7, 11) is 0. The minimum absolute atomic E-state index is 0.494. The first-order valence-corrected chi connectivity index (χ1v) is 3.56. The van der Waals surface area contributed by atoms with Crippen LogP contribution in [0, 0.1) is 0 Å². The van der Waals surface area contributed by atoms with E-state index in [0.29, 0.717) is 5.25 Å². The molecule has 1 aliphatic rings. The minimum Gasteiger partial charge on any atom is -0.334 e. The van der Waals surface area contributed by atoms with Crippen LogP contribution < -0.4 is 0 Å². The van der Waals surface area contributed by atoms with Crippen LogP contribution in [-0.2, 0) is 13.0 Å². The fraction of sp³-hybridized carbons (Fsp3) is 0.500. The Balaban J connectivity index is 2.39. The van der Waals surface area contributed by atoms with Crippen molar-refractivity contribution in [1.29, 1.82) is 0 Å². The monoisotopic (exact) mass is 140 g/mol. The first-order chi connectivity index (χ1) is 4.36. The third-order valence-electron chi connectivity index (χ3n) is 1.63. The molecule has 0 saturated carbocycles. The number of thiol groups is 1. The van der Waals surface area contributed by atoms with Gasteiger partial charge in [-0.3, -0.25) is 0 Å². The van der Waals surface area contributed by atoms with E-state index in [0.717, 1.165) is 13.0 Å². The van der Waals surface area contributed by atoms with Gasteiger partial charge in [-0.1, -0.05) is 0 Å². The maximum atomic E-state index is 4.34. The molecule has 0 radical (unpaired) electrons. The van der Waals surface area contributed by atoms with E-state index in [-0.39, 0.29) is 0 Å². The van der Waals surface area contributed by atoms with E-state index < -0.39 is 0 Å². The summed E-state index contributed by atoms with van der Waals surface area (Å²) in [4.78, 5) is 4.16. The zero-order valence-corrected chi connectivity index (χ0v) is 5.88. The molecule has 0 aliphatic carbocycles. The van der Waals surface area contributed by atoms with Gasteiger partial charge in [-0.05, 0) is 0 Å². The summed E-state index contributed by atoms with van der Waals surface area (Å²) in [6.07, 6.45) is 4.87. The van der Waals surface area contributed by atoms with Crippen LogP contribution in [0.1, 0.15) is 5.82 Å². The molecule has 0 aromatic carbocycles. The average molecular weight is 140 g/mol. The molecule has 1 aromatic heterocycles. The van der Waals surface area contributed by atoms with Gasteiger partial charge in [-0.25, -0.2) is 4.98 Å². The van der Waals surface area contributed by atoms with Crippen molar-refractivity contribution in [3.8, 4) is 0 Å². The smallest absolute Gasteiger partial charge is 0.109 e. The quantitative estimate of drug-likeness (QED) is 0.526. The van der Waals surface area contributed by atoms with Crippen LogP contribution in [0.15, 0.2) is 12.4 Å². The topological polar surface area (TPSA) is 17.8 Å². The summed E-state index contributed by atoms with van der Waals surface area (Å²) in [5, 5.41) is 0.494. The molecule has 1 aromatic rings. The van der Waals surface area contributed by atoms with Gasteiger partial charge < -0.3 is 4.57 Å². The largest absolute Gasteiger partial charge is 0.334 e. The molecule has 2 heterocycles. The lowest BCUT2D eigenvalue weighted by atomic mass is 10.3. The van der Waals surface area contributed by atoms with Crippen LogP contribution in [0.5, 0.6) is 0 Å². The van der Waals surface area contributed by atoms with E-state index in [4.69, 9.17) is 0 Å². The highest BCUT2D eigenvalue weighted by atomic mass is 32.1. The molecule has 1 atom stereocenters. The molecular weight excluding hydrogens is 132 g/mol. The van der Waals surface area contributed by atoms with E-state index in [9.17, 15) is 0 Å². The molecule has 2 rings (SSSR count). The van der Waals surface area contributed by atoms with Gasteiger partial charge in [0.15, 0.2) is 0 Å². The maximum absolute atomic E-state index is 4.34. The Morgan fingerprint density at radius 3 is 3.44 bits per heavy atom. The highest BCUT2D eigenvalue weighted by molar-refractivity contribution is 7.80. The van der Waals surface area contributed by atoms with Crippen LogP contribution in [0.2, 0.25) is 0 Å². The standard InChI is InChI=1S/C6H8N2S/c9-5-3-6-7-1-2-8(6)4-5/h1-2,5,9H,3-4H2. The summed E-state index contributed by atoms with van der Waals surface area (Å²) < 4.78 is 2.15. The maximum Gasteiger partial charge on any atom is 0.109 e. The molecule has 1 unspecified atom stereocenters. The van der Waals surface area contributed by atoms with Crippen LogP contribution in [0.25, 0.3) is 0 Å². The zero-order valence-electron chi connectivity index (χ0n) is 4.99. The van der Waals surface area contributed by atoms with Crippen molar-refractivity contribution in [2.45, 2.75) is 18.2 Å². The molecule has 2 nitrogen and oxygen atoms in total. The van der Waals surface area contributed by atoms with Gasteiger partial charge in [0, 0.05) is 30.6 Å². The lowest BCUT2D eigenvalue weighted by molar-refractivity contribution is 0.765. The third-order valence-corrected chi connectivity index (χ3v) is 1.97. The van der Waals surface area contributed by atoms with Gasteiger partial charge in [-0.2, -0.15) is 12.6 Å². The van der Waals surface area contributed by atoms with Gasteiger partial charge in [0.05, 0.1) is 0 Å². The van der Waals surface area contributed by atoms with Gasteiger partial charge in [0.25, 0.3) is 0 Å². The van der Waals surface area contributed by atoms with Gasteiger partial charge in [0.2, 0.25) is 0 Å². The number of nitrogens with zero attached hydrogens (tertiary/aromatic N) is 2. The molecule has 0 bridgehead atoms. The summed E-state index contributed by atoms with van der Waals surface area (Å²) >= 11 is 4.34. The normalized spacial score (nSPS) is 24.3. The fourth-order valence-electron chi connectivity index (χ4n) is 1.20. The van der Waals surface area contributed by atoms with Crippen LogP contribution >= 0.6 is 12.6 Å². The van der Waals surface area contributed by atoms with Crippen molar-refractivity contribution in [2.75, 3.05) is 0 Å². The molecule has 1 aliphatic heterocycles. The van der Waals surface area contributed by atoms with Crippen molar-refractivity contribution >= 4 is 12.6 Å². The second-order valence-corrected chi connectivity index (χ2v) is 3.08. The third kappa shape index (κ3) is 0.758. The lowest BCUT2D eigenvalue weighted by Crippen LogP contribution is -1.98. The molecule has 0 spiro atoms. The second kappa shape index (κ2) is 1.77. The zero-order chi connectivity index (χ0) is 6.27. The number of rotatable bonds is 0. The molecule has 0 N–H and O–H groups in total. The van der Waals surface area contributed by atoms with Crippen LogP contribution in [0.3, 0.4) is 0 Å². The first kappa shape index (κ1) is 5.35. The summed E-state index contributed by atoms with van der Waals surface area (Å²) in [5.74, 6) is 1.18. The Bertz CT molecular complexity index is 198. The summed E-state index contributed by atoms with van der Waals surface area (Å²) in [6.45, 7) is 1.03. The Labute approximate surface area is 59.3 Å². The van der Waals surface area contributed by atoms with E-state index in [1.165, 1.54) is 5.82 Å². The van der Waals surface area contributed by atoms with E-state index >= 15 is 0 Å². The molecular formula is C6H8N2S. The van der Waals surface area contributed by atoms with Gasteiger partial charge >= 0.3 is 0 Å². The predicted molar refractivity (Wildman–Crippen MR) is 38.7 cm³/mol. The molecule has 3 heteroatoms. The summed E-state index contributed by atoms with van der Waals surface area (Å²) in [6, 6.07) is 0. The number of fused-ring (bicyclic) bond motifs is 1. The minimum atomic E-state index is 0.494. The SMILES string of the molecule is SC1Cc2nccn2C1. The van der Waals surface area contributed by atoms with Crippen LogP contribution in [-0.4, -0.2) is 14.8 Å². The van der Waals surface area contributed by atoms with Crippen molar-refractivity contribution in [3.63, 3.8) is 0 Å². The molecule has 0 saturated heterocycles. The van der Waals surface area contributed by atoms with Crippen molar-refractivity contribution in [1.82, 2.24) is 9.55 Å². The fourth-order valence-corrected chi connectivity index (χ4v) is 1.54. The van der Waals surface area contributed by atoms with Gasteiger partial charge in [0.1, 0.15) is 5.82 Å². The highest BCUT2D eigenvalue weighted by Crippen LogP contribution is 2.16. The number of hydrogen-bond acceptors (Lipinski definition) is 2. The Hall–Kier alpha value is -0.440. The van der Waals surface area contributed by atoms with Crippen molar-refractivity contribution < 1.29 is 0 Å². The molecule has 0 fully saturated rings. The predicted octanol–water partition coefficient (Wildman–Crippen LogP) is 0.738. The van der Waals surface area contributed by atoms with Gasteiger partial charge in [-0.15, -0.1) is 0 Å². The van der Waals surface area contributed by atoms with E-state index in [1.807, 2.05) is 12.4 Å². The number of aromatic nitrogens is 2. The van der Waals surface area contributed by atoms with Crippen molar-refractivity contribution in [3.05, 3.63) is 18.2 Å². The highest BCUT2D eigenvalue weighted by Gasteiger charge is 2.17. The Morgan fingerprint density at radius 2 is 2.67 bits per heavy atom. The van der Waals surface area contributed by atoms with Crippen molar-refractivity contribution in [2.24, 2.45) is 0 Å². The molecule has 0 amide bonds. The first-order valence-electron chi connectivity index (χ1n) is 3.04. The number of hydrogen-bond donors (Lipinski definition) is 1. The lowest BCUT2D eigenvalue weighted by Gasteiger charge is -1.94. The van der Waals surface area contributed by atoms with E-state index in [2.05, 4.69) is 22.2 Å². The van der Waals surface area contributed by atoms with Crippen LogP contribution in [0.4, 0.5) is 0 Å². The van der Waals surface area contributed by atoms with E-state index in [1.54, 1.807) is 0 Å². The second-order valence-electron chi connectivity index (χ2n) is 2.35. The molecule has 9 heavy (non-hydrogen) atoms.